The molecule has 5 rings (SSSR count). The molecule has 168 valence electrons. The second-order valence-corrected chi connectivity index (χ2v) is 8.37. The maximum atomic E-state index is 13.4. The monoisotopic (exact) mass is 461 g/mol. The van der Waals surface area contributed by atoms with Gasteiger partial charge in [-0.3, -0.25) is 0 Å². The lowest BCUT2D eigenvalue weighted by atomic mass is 9.92. The summed E-state index contributed by atoms with van der Waals surface area (Å²) >= 11 is 6.29. The van der Waals surface area contributed by atoms with Gasteiger partial charge in [0.2, 0.25) is 0 Å². The van der Waals surface area contributed by atoms with Gasteiger partial charge in [0, 0.05) is 23.1 Å². The second-order valence-electron chi connectivity index (χ2n) is 7.96. The quantitative estimate of drug-likeness (QED) is 0.390. The van der Waals surface area contributed by atoms with E-state index < -0.39 is 0 Å². The Bertz CT molecular complexity index is 1320. The summed E-state index contributed by atoms with van der Waals surface area (Å²) in [5.41, 5.74) is 4.80. The molecule has 2 heterocycles. The van der Waals surface area contributed by atoms with E-state index in [1.54, 1.807) is 26.4 Å². The third kappa shape index (κ3) is 3.87. The van der Waals surface area contributed by atoms with Gasteiger partial charge in [0.05, 0.1) is 31.0 Å². The van der Waals surface area contributed by atoms with Gasteiger partial charge in [0.25, 0.3) is 0 Å². The van der Waals surface area contributed by atoms with Gasteiger partial charge in [-0.05, 0) is 60.0 Å². The van der Waals surface area contributed by atoms with E-state index in [1.807, 2.05) is 53.4 Å². The van der Waals surface area contributed by atoms with Crippen LogP contribution in [-0.4, -0.2) is 36.7 Å². The molecule has 2 amide bonds. The summed E-state index contributed by atoms with van der Waals surface area (Å²) in [5.74, 6) is 1.58. The van der Waals surface area contributed by atoms with Crippen molar-refractivity contribution in [3.63, 3.8) is 0 Å². The second kappa shape index (κ2) is 8.71. The molecule has 1 aliphatic heterocycles. The Labute approximate surface area is 197 Å². The van der Waals surface area contributed by atoms with E-state index in [-0.39, 0.29) is 12.1 Å². The first-order chi connectivity index (χ1) is 16.1. The number of fused-ring (bicyclic) bond motifs is 3. The number of anilines is 1. The molecular weight excluding hydrogens is 438 g/mol. The molecule has 3 aromatic carbocycles. The standard InChI is InChI=1S/C26H24ClN3O3/c1-32-17-9-7-16(8-10-17)25-24-19(20-15-18(33-2)11-12-22(20)28-24)13-14-30(25)26(31)29-23-6-4-3-5-21(23)27/h3-12,15,25,28H,13-14H2,1-2H3,(H,29,31)/t25-/m1/s1. The molecule has 4 aromatic rings. The molecule has 0 radical (unpaired) electrons. The van der Waals surface area contributed by atoms with Crippen LogP contribution in [0.3, 0.4) is 0 Å². The number of carbonyl (C=O) groups is 1. The van der Waals surface area contributed by atoms with Crippen molar-refractivity contribution < 1.29 is 14.3 Å². The fourth-order valence-corrected chi connectivity index (χ4v) is 4.68. The Morgan fingerprint density at radius 2 is 1.76 bits per heavy atom. The van der Waals surface area contributed by atoms with Gasteiger partial charge in [-0.2, -0.15) is 0 Å². The number of methoxy groups -OCH3 is 2. The Kier molecular flexibility index (Phi) is 5.60. The lowest BCUT2D eigenvalue weighted by Crippen LogP contribution is -2.43. The average molecular weight is 462 g/mol. The van der Waals surface area contributed by atoms with Gasteiger partial charge in [-0.1, -0.05) is 35.9 Å². The molecule has 33 heavy (non-hydrogen) atoms. The third-order valence-electron chi connectivity index (χ3n) is 6.14. The zero-order valence-electron chi connectivity index (χ0n) is 18.4. The zero-order valence-corrected chi connectivity index (χ0v) is 19.1. The van der Waals surface area contributed by atoms with Gasteiger partial charge in [-0.25, -0.2) is 4.79 Å². The molecule has 0 aliphatic carbocycles. The largest absolute Gasteiger partial charge is 0.497 e. The molecule has 1 atom stereocenters. The Morgan fingerprint density at radius 3 is 2.48 bits per heavy atom. The lowest BCUT2D eigenvalue weighted by Gasteiger charge is -2.36. The number of urea groups is 1. The Hall–Kier alpha value is -3.64. The average Bonchev–Trinajstić information content (AvgIpc) is 3.22. The summed E-state index contributed by atoms with van der Waals surface area (Å²) in [6, 6.07) is 20.6. The minimum absolute atomic E-state index is 0.203. The summed E-state index contributed by atoms with van der Waals surface area (Å²) in [6.07, 6.45) is 0.727. The van der Waals surface area contributed by atoms with Crippen LogP contribution in [0.5, 0.6) is 11.5 Å². The highest BCUT2D eigenvalue weighted by Gasteiger charge is 2.35. The number of benzene rings is 3. The van der Waals surface area contributed by atoms with Crippen LogP contribution in [0.4, 0.5) is 10.5 Å². The van der Waals surface area contributed by atoms with Crippen molar-refractivity contribution in [1.82, 2.24) is 9.88 Å². The van der Waals surface area contributed by atoms with E-state index >= 15 is 0 Å². The fourth-order valence-electron chi connectivity index (χ4n) is 4.50. The minimum Gasteiger partial charge on any atom is -0.497 e. The van der Waals surface area contributed by atoms with Gasteiger partial charge in [-0.15, -0.1) is 0 Å². The number of rotatable bonds is 4. The van der Waals surface area contributed by atoms with E-state index in [1.165, 1.54) is 5.56 Å². The Morgan fingerprint density at radius 1 is 1.03 bits per heavy atom. The summed E-state index contributed by atoms with van der Waals surface area (Å²) in [5, 5.41) is 4.60. The van der Waals surface area contributed by atoms with Crippen molar-refractivity contribution in [3.05, 3.63) is 88.6 Å². The molecule has 0 spiro atoms. The van der Waals surface area contributed by atoms with Crippen molar-refractivity contribution in [3.8, 4) is 11.5 Å². The first-order valence-electron chi connectivity index (χ1n) is 10.7. The van der Waals surface area contributed by atoms with Crippen LogP contribution in [-0.2, 0) is 6.42 Å². The van der Waals surface area contributed by atoms with E-state index in [0.717, 1.165) is 40.1 Å². The highest BCUT2D eigenvalue weighted by Crippen LogP contribution is 2.40. The highest BCUT2D eigenvalue weighted by molar-refractivity contribution is 6.33. The van der Waals surface area contributed by atoms with Gasteiger partial charge in [0.15, 0.2) is 0 Å². The SMILES string of the molecule is COc1ccc([C@@H]2c3[nH]c4ccc(OC)cc4c3CCN2C(=O)Nc2ccccc2Cl)cc1. The van der Waals surface area contributed by atoms with Crippen molar-refractivity contribution in [2.24, 2.45) is 0 Å². The smallest absolute Gasteiger partial charge is 0.322 e. The van der Waals surface area contributed by atoms with Crippen LogP contribution in [0.25, 0.3) is 10.9 Å². The van der Waals surface area contributed by atoms with Gasteiger partial charge in [0.1, 0.15) is 11.5 Å². The summed E-state index contributed by atoms with van der Waals surface area (Å²) in [7, 11) is 3.31. The first-order valence-corrected chi connectivity index (χ1v) is 11.1. The van der Waals surface area contributed by atoms with Crippen molar-refractivity contribution in [1.29, 1.82) is 0 Å². The molecule has 0 fully saturated rings. The molecule has 1 aromatic heterocycles. The zero-order chi connectivity index (χ0) is 22.9. The number of nitrogens with one attached hydrogen (secondary N) is 2. The van der Waals surface area contributed by atoms with Crippen LogP contribution in [0, 0.1) is 0 Å². The highest BCUT2D eigenvalue weighted by atomic mass is 35.5. The molecule has 0 saturated carbocycles. The minimum atomic E-state index is -0.291. The number of carbonyl (C=O) groups excluding carboxylic acids is 1. The number of ether oxygens (including phenoxy) is 2. The van der Waals surface area contributed by atoms with Crippen LogP contribution in [0.2, 0.25) is 5.02 Å². The molecule has 2 N–H and O–H groups in total. The van der Waals surface area contributed by atoms with Gasteiger partial charge >= 0.3 is 6.03 Å². The lowest BCUT2D eigenvalue weighted by molar-refractivity contribution is 0.193. The van der Waals surface area contributed by atoms with E-state index in [9.17, 15) is 4.79 Å². The number of halogens is 1. The van der Waals surface area contributed by atoms with Crippen LogP contribution < -0.4 is 14.8 Å². The number of H-pyrrole nitrogens is 1. The molecule has 6 nitrogen and oxygen atoms in total. The van der Waals surface area contributed by atoms with E-state index in [0.29, 0.717) is 17.3 Å². The third-order valence-corrected chi connectivity index (χ3v) is 6.47. The number of amides is 2. The summed E-state index contributed by atoms with van der Waals surface area (Å²) in [6.45, 7) is 0.560. The summed E-state index contributed by atoms with van der Waals surface area (Å²) < 4.78 is 10.8. The number of aromatic nitrogens is 1. The first kappa shape index (κ1) is 21.2. The predicted octanol–water partition coefficient (Wildman–Crippen LogP) is 6.02. The van der Waals surface area contributed by atoms with E-state index in [4.69, 9.17) is 21.1 Å². The maximum Gasteiger partial charge on any atom is 0.322 e. The number of para-hydroxylation sites is 1. The number of hydrogen-bond donors (Lipinski definition) is 2. The normalized spacial score (nSPS) is 15.2. The van der Waals surface area contributed by atoms with Crippen LogP contribution >= 0.6 is 11.6 Å². The predicted molar refractivity (Wildman–Crippen MR) is 131 cm³/mol. The van der Waals surface area contributed by atoms with Gasteiger partial charge < -0.3 is 24.7 Å². The topological polar surface area (TPSA) is 66.6 Å². The Balaban J connectivity index is 1.59. The number of nitrogens with zero attached hydrogens (tertiary/aromatic N) is 1. The maximum absolute atomic E-state index is 13.4. The van der Waals surface area contributed by atoms with Crippen LogP contribution in [0.1, 0.15) is 22.9 Å². The molecule has 0 bridgehead atoms. The molecular formula is C26H24ClN3O3. The van der Waals surface area contributed by atoms with Crippen molar-refractivity contribution >= 4 is 34.2 Å². The number of aromatic amines is 1. The molecule has 7 heteroatoms. The van der Waals surface area contributed by atoms with Crippen molar-refractivity contribution in [2.75, 3.05) is 26.1 Å². The molecule has 0 saturated heterocycles. The fraction of sp³-hybridized carbons (Fsp3) is 0.192. The van der Waals surface area contributed by atoms with E-state index in [2.05, 4.69) is 16.4 Å². The molecule has 0 unspecified atom stereocenters. The summed E-state index contributed by atoms with van der Waals surface area (Å²) in [4.78, 5) is 18.9. The number of hydrogen-bond acceptors (Lipinski definition) is 3. The molecule has 1 aliphatic rings. The van der Waals surface area contributed by atoms with Crippen LogP contribution in [0.15, 0.2) is 66.7 Å². The van der Waals surface area contributed by atoms with Crippen molar-refractivity contribution in [2.45, 2.75) is 12.5 Å².